The molecule has 0 saturated carbocycles. The molecule has 0 radical (unpaired) electrons. The summed E-state index contributed by atoms with van der Waals surface area (Å²) < 4.78 is 13.4. The van der Waals surface area contributed by atoms with E-state index in [9.17, 15) is 14.0 Å². The molecular formula is C27H22ClFN4O2S. The van der Waals surface area contributed by atoms with Crippen molar-refractivity contribution in [1.29, 1.82) is 0 Å². The molecule has 0 fully saturated rings. The van der Waals surface area contributed by atoms with E-state index in [1.165, 1.54) is 30.0 Å². The van der Waals surface area contributed by atoms with Crippen LogP contribution in [0.5, 0.6) is 0 Å². The Bertz CT molecular complexity index is 1380. The van der Waals surface area contributed by atoms with Crippen molar-refractivity contribution in [3.63, 3.8) is 0 Å². The van der Waals surface area contributed by atoms with Crippen molar-refractivity contribution in [3.05, 3.63) is 100 Å². The Kier molecular flexibility index (Phi) is 6.89. The molecule has 36 heavy (non-hydrogen) atoms. The molecule has 0 aromatic heterocycles. The van der Waals surface area contributed by atoms with Crippen molar-refractivity contribution < 1.29 is 14.0 Å². The molecule has 0 bridgehead atoms. The summed E-state index contributed by atoms with van der Waals surface area (Å²) >= 11 is 7.02. The highest BCUT2D eigenvalue weighted by Crippen LogP contribution is 2.38. The third-order valence-corrected chi connectivity index (χ3v) is 7.41. The molecule has 9 heteroatoms. The predicted molar refractivity (Wildman–Crippen MR) is 142 cm³/mol. The zero-order valence-corrected chi connectivity index (χ0v) is 20.9. The van der Waals surface area contributed by atoms with Crippen LogP contribution in [0.4, 0.5) is 10.1 Å². The third kappa shape index (κ3) is 5.20. The van der Waals surface area contributed by atoms with Crippen molar-refractivity contribution in [2.75, 3.05) is 5.32 Å². The summed E-state index contributed by atoms with van der Waals surface area (Å²) in [5.41, 5.74) is 4.51. The maximum atomic E-state index is 13.4. The summed E-state index contributed by atoms with van der Waals surface area (Å²) in [7, 11) is 0. The van der Waals surface area contributed by atoms with Crippen LogP contribution in [-0.4, -0.2) is 33.0 Å². The zero-order chi connectivity index (χ0) is 25.2. The summed E-state index contributed by atoms with van der Waals surface area (Å²) in [6.07, 6.45) is 0.584. The first-order valence-corrected chi connectivity index (χ1v) is 12.7. The molecule has 0 aliphatic carbocycles. The number of carbonyl (C=O) groups excluding carboxylic acids is 2. The van der Waals surface area contributed by atoms with E-state index >= 15 is 0 Å². The van der Waals surface area contributed by atoms with E-state index in [-0.39, 0.29) is 29.3 Å². The molecule has 5 rings (SSSR count). The number of thioether (sulfide) groups is 1. The summed E-state index contributed by atoms with van der Waals surface area (Å²) in [6.45, 7) is 2.03. The summed E-state index contributed by atoms with van der Waals surface area (Å²) in [5, 5.41) is 9.02. The van der Waals surface area contributed by atoms with Crippen molar-refractivity contribution in [2.24, 2.45) is 10.1 Å². The number of aryl methyl sites for hydroxylation is 1. The van der Waals surface area contributed by atoms with Crippen molar-refractivity contribution in [3.8, 4) is 0 Å². The normalized spacial score (nSPS) is 19.3. The second kappa shape index (κ2) is 10.2. The number of amides is 2. The van der Waals surface area contributed by atoms with Crippen LogP contribution in [0.1, 0.15) is 35.6 Å². The van der Waals surface area contributed by atoms with Gasteiger partial charge < -0.3 is 5.32 Å². The smallest absolute Gasteiger partial charge is 0.262 e. The number of rotatable bonds is 5. The molecule has 3 aromatic carbocycles. The lowest BCUT2D eigenvalue weighted by Gasteiger charge is -2.23. The quantitative estimate of drug-likeness (QED) is 0.450. The van der Waals surface area contributed by atoms with E-state index in [0.29, 0.717) is 17.3 Å². The number of nitrogens with zero attached hydrogens (tertiary/aromatic N) is 3. The molecule has 6 nitrogen and oxygen atoms in total. The summed E-state index contributed by atoms with van der Waals surface area (Å²) in [6, 6.07) is 22.0. The van der Waals surface area contributed by atoms with Crippen molar-refractivity contribution >= 4 is 51.7 Å². The number of benzene rings is 3. The predicted octanol–water partition coefficient (Wildman–Crippen LogP) is 5.97. The van der Waals surface area contributed by atoms with E-state index in [0.717, 1.165) is 22.4 Å². The maximum absolute atomic E-state index is 13.4. The second-order valence-corrected chi connectivity index (χ2v) is 10.2. The number of anilines is 1. The number of amidine groups is 1. The van der Waals surface area contributed by atoms with Crippen LogP contribution in [0, 0.1) is 12.7 Å². The molecule has 2 amide bonds. The highest BCUT2D eigenvalue weighted by molar-refractivity contribution is 8.15. The minimum absolute atomic E-state index is 0.0796. The molecule has 1 N–H and O–H groups in total. The Morgan fingerprint density at radius 2 is 1.89 bits per heavy atom. The highest BCUT2D eigenvalue weighted by atomic mass is 35.5. The molecule has 0 saturated heterocycles. The maximum Gasteiger partial charge on any atom is 0.262 e. The van der Waals surface area contributed by atoms with E-state index in [1.807, 2.05) is 37.3 Å². The van der Waals surface area contributed by atoms with Crippen molar-refractivity contribution in [2.45, 2.75) is 31.1 Å². The summed E-state index contributed by atoms with van der Waals surface area (Å²) in [4.78, 5) is 29.6. The van der Waals surface area contributed by atoms with Gasteiger partial charge in [-0.15, -0.1) is 0 Å². The minimum Gasteiger partial charge on any atom is -0.326 e. The first-order valence-electron chi connectivity index (χ1n) is 11.4. The lowest BCUT2D eigenvalue weighted by molar-refractivity contribution is -0.121. The van der Waals surface area contributed by atoms with Gasteiger partial charge >= 0.3 is 0 Å². The Labute approximate surface area is 217 Å². The van der Waals surface area contributed by atoms with Crippen LogP contribution in [0.15, 0.2) is 82.9 Å². The molecular weight excluding hydrogens is 499 g/mol. The lowest BCUT2D eigenvalue weighted by Crippen LogP contribution is -2.25. The van der Waals surface area contributed by atoms with E-state index in [2.05, 4.69) is 34.6 Å². The fraction of sp³-hybridized carbons (Fsp3) is 0.185. The number of aliphatic imine (C=N–C) groups is 1. The number of hydrogen-bond acceptors (Lipinski definition) is 5. The molecule has 2 atom stereocenters. The van der Waals surface area contributed by atoms with Crippen LogP contribution in [-0.2, 0) is 9.59 Å². The Balaban J connectivity index is 1.33. The van der Waals surface area contributed by atoms with Gasteiger partial charge in [0.15, 0.2) is 5.17 Å². The molecule has 2 heterocycles. The van der Waals surface area contributed by atoms with Gasteiger partial charge in [-0.25, -0.2) is 9.40 Å². The topological polar surface area (TPSA) is 74.1 Å². The Morgan fingerprint density at radius 1 is 1.14 bits per heavy atom. The number of hydrazone groups is 1. The molecule has 2 aliphatic rings. The van der Waals surface area contributed by atoms with Crippen molar-refractivity contribution in [1.82, 2.24) is 5.01 Å². The number of hydrogen-bond donors (Lipinski definition) is 1. The number of carbonyl (C=O) groups is 2. The van der Waals surface area contributed by atoms with Gasteiger partial charge in [0.1, 0.15) is 11.1 Å². The van der Waals surface area contributed by atoms with Gasteiger partial charge in [-0.3, -0.25) is 9.59 Å². The average molecular weight is 521 g/mol. The van der Waals surface area contributed by atoms with Crippen LogP contribution in [0.2, 0.25) is 5.02 Å². The average Bonchev–Trinajstić information content (AvgIpc) is 3.46. The van der Waals surface area contributed by atoms with Gasteiger partial charge in [0.05, 0.1) is 16.8 Å². The standard InChI is InChI=1S/C27H22ClFN4O2S/c1-16-7-9-18(10-8-16)23-14-22(17-5-3-2-4-6-17)32-33(23)27-31-26(35)24(36-27)15-25(34)30-19-11-12-21(29)20(28)13-19/h2-13,23-24H,14-15H2,1H3,(H,30,34). The number of halogens is 2. The van der Waals surface area contributed by atoms with E-state index in [4.69, 9.17) is 16.7 Å². The Hall–Kier alpha value is -3.49. The highest BCUT2D eigenvalue weighted by Gasteiger charge is 2.39. The zero-order valence-electron chi connectivity index (χ0n) is 19.3. The third-order valence-electron chi connectivity index (χ3n) is 5.98. The van der Waals surface area contributed by atoms with Crippen LogP contribution in [0.25, 0.3) is 0 Å². The minimum atomic E-state index is -0.675. The van der Waals surface area contributed by atoms with Gasteiger partial charge in [-0.05, 0) is 36.2 Å². The largest absolute Gasteiger partial charge is 0.326 e. The van der Waals surface area contributed by atoms with Gasteiger partial charge in [0.2, 0.25) is 5.91 Å². The van der Waals surface area contributed by atoms with Gasteiger partial charge in [-0.2, -0.15) is 10.1 Å². The second-order valence-electron chi connectivity index (χ2n) is 8.61. The number of nitrogens with one attached hydrogen (secondary N) is 1. The fourth-order valence-electron chi connectivity index (χ4n) is 4.10. The van der Waals surface area contributed by atoms with E-state index in [1.54, 1.807) is 5.01 Å². The molecule has 2 unspecified atom stereocenters. The van der Waals surface area contributed by atoms with E-state index < -0.39 is 11.1 Å². The van der Waals surface area contributed by atoms with Gasteiger partial charge in [0, 0.05) is 18.5 Å². The molecule has 0 spiro atoms. The lowest BCUT2D eigenvalue weighted by atomic mass is 9.98. The Morgan fingerprint density at radius 3 is 2.61 bits per heavy atom. The van der Waals surface area contributed by atoms with Crippen LogP contribution < -0.4 is 5.32 Å². The SMILES string of the molecule is Cc1ccc(C2CC(c3ccccc3)=NN2C2=NC(=O)C(CC(=O)Nc3ccc(F)c(Cl)c3)S2)cc1. The van der Waals surface area contributed by atoms with Crippen LogP contribution >= 0.6 is 23.4 Å². The van der Waals surface area contributed by atoms with Gasteiger partial charge in [0.25, 0.3) is 5.91 Å². The molecule has 3 aromatic rings. The van der Waals surface area contributed by atoms with Gasteiger partial charge in [-0.1, -0.05) is 83.5 Å². The first-order chi connectivity index (χ1) is 17.4. The molecule has 2 aliphatic heterocycles. The monoisotopic (exact) mass is 520 g/mol. The van der Waals surface area contributed by atoms with Crippen LogP contribution in [0.3, 0.4) is 0 Å². The molecule has 182 valence electrons. The summed E-state index contributed by atoms with van der Waals surface area (Å²) in [5.74, 6) is -1.34. The fourth-order valence-corrected chi connectivity index (χ4v) is 5.34. The first kappa shape index (κ1) is 24.2.